The number of carbonyl (C=O) groups excluding carboxylic acids is 2. The highest BCUT2D eigenvalue weighted by atomic mass is 16.6. The van der Waals surface area contributed by atoms with E-state index in [4.69, 9.17) is 4.74 Å². The molecule has 2 aromatic rings. The smallest absolute Gasteiger partial charge is 0.323 e. The molecule has 0 saturated carbocycles. The Balaban J connectivity index is 2.21. The van der Waals surface area contributed by atoms with Crippen molar-refractivity contribution >= 4 is 17.5 Å². The van der Waals surface area contributed by atoms with Gasteiger partial charge in [-0.3, -0.25) is 19.7 Å². The molecule has 0 fully saturated rings. The summed E-state index contributed by atoms with van der Waals surface area (Å²) in [4.78, 5) is 34.2. The minimum absolute atomic E-state index is 0.0679. The van der Waals surface area contributed by atoms with Crippen molar-refractivity contribution in [1.29, 1.82) is 0 Å². The van der Waals surface area contributed by atoms with Crippen LogP contribution < -0.4 is 15.4 Å². The zero-order chi connectivity index (χ0) is 19.8. The molecule has 2 amide bonds. The number of nitrogens with zero attached hydrogens (tertiary/aromatic N) is 1. The summed E-state index contributed by atoms with van der Waals surface area (Å²) in [5.41, 5.74) is 0.961. The van der Waals surface area contributed by atoms with Crippen molar-refractivity contribution in [3.63, 3.8) is 0 Å². The zero-order valence-corrected chi connectivity index (χ0v) is 15.2. The van der Waals surface area contributed by atoms with Crippen molar-refractivity contribution in [3.05, 3.63) is 69.3 Å². The zero-order valence-electron chi connectivity index (χ0n) is 15.2. The molecule has 2 rings (SSSR count). The Bertz CT molecular complexity index is 837. The third-order valence-corrected chi connectivity index (χ3v) is 3.77. The lowest BCUT2D eigenvalue weighted by molar-refractivity contribution is -0.386. The van der Waals surface area contributed by atoms with Crippen LogP contribution in [0.15, 0.2) is 42.5 Å². The van der Waals surface area contributed by atoms with Gasteiger partial charge in [0, 0.05) is 20.0 Å². The second-order valence-corrected chi connectivity index (χ2v) is 5.88. The number of hydrogen-bond acceptors (Lipinski definition) is 5. The molecule has 0 bridgehead atoms. The molecule has 27 heavy (non-hydrogen) atoms. The number of ether oxygens (including phenoxy) is 1. The summed E-state index contributed by atoms with van der Waals surface area (Å²) >= 11 is 0. The summed E-state index contributed by atoms with van der Waals surface area (Å²) in [5, 5.41) is 16.7. The average molecular weight is 371 g/mol. The summed E-state index contributed by atoms with van der Waals surface area (Å²) in [6.07, 6.45) is 0. The van der Waals surface area contributed by atoms with Crippen molar-refractivity contribution in [2.45, 2.75) is 20.5 Å². The molecule has 0 aliphatic heterocycles. The molecule has 8 heteroatoms. The minimum atomic E-state index is -0.615. The highest BCUT2D eigenvalue weighted by Gasteiger charge is 2.27. The van der Waals surface area contributed by atoms with Crippen molar-refractivity contribution in [3.8, 4) is 5.75 Å². The maximum atomic E-state index is 12.4. The third-order valence-electron chi connectivity index (χ3n) is 3.77. The molecule has 8 nitrogen and oxygen atoms in total. The van der Waals surface area contributed by atoms with Crippen LogP contribution in [0.5, 0.6) is 5.75 Å². The Morgan fingerprint density at radius 1 is 1.07 bits per heavy atom. The fourth-order valence-electron chi connectivity index (χ4n) is 2.46. The topological polar surface area (TPSA) is 111 Å². The molecule has 0 heterocycles. The lowest BCUT2D eigenvalue weighted by Gasteiger charge is -2.13. The van der Waals surface area contributed by atoms with Crippen LogP contribution in [0.3, 0.4) is 0 Å². The predicted octanol–water partition coefficient (Wildman–Crippen LogP) is 2.35. The van der Waals surface area contributed by atoms with E-state index in [1.54, 1.807) is 13.0 Å². The fraction of sp³-hybridized carbons (Fsp3) is 0.263. The number of aryl methyl sites for hydroxylation is 1. The molecule has 0 spiro atoms. The Labute approximate surface area is 156 Å². The minimum Gasteiger partial charge on any atom is -0.482 e. The van der Waals surface area contributed by atoms with Gasteiger partial charge in [0.1, 0.15) is 12.2 Å². The monoisotopic (exact) mass is 371 g/mol. The molecule has 0 atom stereocenters. The maximum Gasteiger partial charge on any atom is 0.323 e. The number of carbonyl (C=O) groups is 2. The third kappa shape index (κ3) is 5.53. The van der Waals surface area contributed by atoms with E-state index in [0.29, 0.717) is 5.56 Å². The van der Waals surface area contributed by atoms with Crippen molar-refractivity contribution in [1.82, 2.24) is 10.6 Å². The van der Waals surface area contributed by atoms with Crippen LogP contribution in [-0.2, 0) is 11.4 Å². The first-order valence-electron chi connectivity index (χ1n) is 8.37. The van der Waals surface area contributed by atoms with E-state index in [9.17, 15) is 19.7 Å². The molecule has 0 aliphatic carbocycles. The van der Waals surface area contributed by atoms with E-state index in [2.05, 4.69) is 10.6 Å². The summed E-state index contributed by atoms with van der Waals surface area (Å²) in [7, 11) is 0. The van der Waals surface area contributed by atoms with Gasteiger partial charge in [0.2, 0.25) is 11.7 Å². The number of nitro benzene ring substituents is 1. The number of hydrogen-bond donors (Lipinski definition) is 2. The van der Waals surface area contributed by atoms with Gasteiger partial charge < -0.3 is 15.4 Å². The molecule has 2 aromatic carbocycles. The Hall–Kier alpha value is -3.42. The molecule has 0 aromatic heterocycles. The molecule has 142 valence electrons. The van der Waals surface area contributed by atoms with Crippen LogP contribution in [0.1, 0.15) is 28.4 Å². The molecule has 0 radical (unpaired) electrons. The second kappa shape index (κ2) is 9.33. The van der Waals surface area contributed by atoms with Gasteiger partial charge in [-0.15, -0.1) is 0 Å². The highest BCUT2D eigenvalue weighted by Crippen LogP contribution is 2.35. The van der Waals surface area contributed by atoms with Gasteiger partial charge in [0.15, 0.2) is 0 Å². The molecular weight excluding hydrogens is 350 g/mol. The highest BCUT2D eigenvalue weighted by molar-refractivity contribution is 5.99. The van der Waals surface area contributed by atoms with Crippen molar-refractivity contribution in [2.75, 3.05) is 13.1 Å². The Morgan fingerprint density at radius 2 is 1.74 bits per heavy atom. The number of rotatable bonds is 8. The van der Waals surface area contributed by atoms with Crippen LogP contribution in [0.4, 0.5) is 5.69 Å². The van der Waals surface area contributed by atoms with Crippen LogP contribution in [0.2, 0.25) is 0 Å². The standard InChI is InChI=1S/C19H21N3O5/c1-13-8-9-16(19(24)21-11-10-20-14(2)23)17(22(25)26)18(13)27-12-15-6-4-3-5-7-15/h3-9H,10-12H2,1-2H3,(H,20,23)(H,21,24). The number of amides is 2. The van der Waals surface area contributed by atoms with E-state index in [-0.39, 0.29) is 42.6 Å². The fourth-order valence-corrected chi connectivity index (χ4v) is 2.46. The summed E-state index contributed by atoms with van der Waals surface area (Å²) in [6, 6.07) is 12.3. The Kier molecular flexibility index (Phi) is 6.87. The first-order valence-corrected chi connectivity index (χ1v) is 8.37. The molecule has 0 unspecified atom stereocenters. The van der Waals surface area contributed by atoms with Gasteiger partial charge in [0.25, 0.3) is 5.91 Å². The van der Waals surface area contributed by atoms with E-state index in [1.165, 1.54) is 13.0 Å². The first-order chi connectivity index (χ1) is 12.9. The molecule has 2 N–H and O–H groups in total. The molecule has 0 aliphatic rings. The summed E-state index contributed by atoms with van der Waals surface area (Å²) < 4.78 is 5.68. The molecular formula is C19H21N3O5. The summed E-state index contributed by atoms with van der Waals surface area (Å²) in [5.74, 6) is -0.753. The van der Waals surface area contributed by atoms with Crippen LogP contribution >= 0.6 is 0 Å². The quantitative estimate of drug-likeness (QED) is 0.420. The maximum absolute atomic E-state index is 12.4. The van der Waals surface area contributed by atoms with Gasteiger partial charge in [0.05, 0.1) is 4.92 Å². The van der Waals surface area contributed by atoms with Gasteiger partial charge in [-0.2, -0.15) is 0 Å². The van der Waals surface area contributed by atoms with Gasteiger partial charge in [-0.25, -0.2) is 0 Å². The second-order valence-electron chi connectivity index (χ2n) is 5.88. The summed E-state index contributed by atoms with van der Waals surface area (Å²) in [6.45, 7) is 3.59. The van der Waals surface area contributed by atoms with Crippen LogP contribution in [-0.4, -0.2) is 29.8 Å². The van der Waals surface area contributed by atoms with E-state index in [0.717, 1.165) is 5.56 Å². The van der Waals surface area contributed by atoms with Crippen molar-refractivity contribution in [2.24, 2.45) is 0 Å². The largest absolute Gasteiger partial charge is 0.482 e. The first kappa shape index (κ1) is 19.9. The normalized spacial score (nSPS) is 10.1. The predicted molar refractivity (Wildman–Crippen MR) is 99.6 cm³/mol. The van der Waals surface area contributed by atoms with Gasteiger partial charge in [-0.1, -0.05) is 36.4 Å². The SMILES string of the molecule is CC(=O)NCCNC(=O)c1ccc(C)c(OCc2ccccc2)c1[N+](=O)[O-]. The van der Waals surface area contributed by atoms with Gasteiger partial charge in [-0.05, 0) is 24.1 Å². The Morgan fingerprint density at radius 3 is 2.37 bits per heavy atom. The van der Waals surface area contributed by atoms with E-state index < -0.39 is 10.8 Å². The number of nitro groups is 1. The average Bonchev–Trinajstić information content (AvgIpc) is 2.64. The van der Waals surface area contributed by atoms with E-state index >= 15 is 0 Å². The lowest BCUT2D eigenvalue weighted by atomic mass is 10.1. The van der Waals surface area contributed by atoms with Gasteiger partial charge >= 0.3 is 5.69 Å². The van der Waals surface area contributed by atoms with Crippen LogP contribution in [0, 0.1) is 17.0 Å². The lowest BCUT2D eigenvalue weighted by Crippen LogP contribution is -2.34. The number of benzene rings is 2. The van der Waals surface area contributed by atoms with Crippen LogP contribution in [0.25, 0.3) is 0 Å². The number of nitrogens with one attached hydrogen (secondary N) is 2. The molecule has 0 saturated heterocycles. The van der Waals surface area contributed by atoms with E-state index in [1.807, 2.05) is 30.3 Å². The van der Waals surface area contributed by atoms with Crippen molar-refractivity contribution < 1.29 is 19.2 Å².